The zero-order chi connectivity index (χ0) is 16.2. The van der Waals surface area contributed by atoms with Crippen LogP contribution in [0.15, 0.2) is 35.7 Å². The standard InChI is InChI=1S/C15H14N4O3S/c1-22-14(20)8-12(13-3-2-6-23-13)16-15(21)9-4-5-10-11(7-9)18-19-17-10/h2-7,12H,8H2,1H3,(H,16,21)(H,17,18,19)/t12-/m1/s1. The number of ether oxygens (including phenoxy) is 1. The van der Waals surface area contributed by atoms with Crippen molar-refractivity contribution < 1.29 is 14.3 Å². The Morgan fingerprint density at radius 2 is 2.13 bits per heavy atom. The molecule has 0 unspecified atom stereocenters. The zero-order valence-corrected chi connectivity index (χ0v) is 13.1. The molecule has 3 rings (SSSR count). The molecule has 0 aliphatic heterocycles. The number of amides is 1. The molecule has 0 radical (unpaired) electrons. The lowest BCUT2D eigenvalue weighted by atomic mass is 10.1. The van der Waals surface area contributed by atoms with Crippen molar-refractivity contribution in [2.75, 3.05) is 7.11 Å². The highest BCUT2D eigenvalue weighted by molar-refractivity contribution is 7.10. The van der Waals surface area contributed by atoms with Gasteiger partial charge in [0.15, 0.2) is 0 Å². The van der Waals surface area contributed by atoms with E-state index < -0.39 is 6.04 Å². The molecule has 118 valence electrons. The number of fused-ring (bicyclic) bond motifs is 1. The fourth-order valence-electron chi connectivity index (χ4n) is 2.19. The van der Waals surface area contributed by atoms with E-state index in [-0.39, 0.29) is 18.3 Å². The number of carbonyl (C=O) groups is 2. The Morgan fingerprint density at radius 3 is 2.87 bits per heavy atom. The van der Waals surface area contributed by atoms with E-state index in [2.05, 4.69) is 20.7 Å². The lowest BCUT2D eigenvalue weighted by Crippen LogP contribution is -2.30. The quantitative estimate of drug-likeness (QED) is 0.698. The predicted molar refractivity (Wildman–Crippen MR) is 85.0 cm³/mol. The van der Waals surface area contributed by atoms with Crippen LogP contribution in [0, 0.1) is 0 Å². The summed E-state index contributed by atoms with van der Waals surface area (Å²) in [6.45, 7) is 0. The molecule has 1 amide bonds. The van der Waals surface area contributed by atoms with Crippen molar-refractivity contribution >= 4 is 34.2 Å². The second-order valence-corrected chi connectivity index (χ2v) is 5.83. The molecule has 0 bridgehead atoms. The van der Waals surface area contributed by atoms with Crippen molar-refractivity contribution in [2.24, 2.45) is 0 Å². The fourth-order valence-corrected chi connectivity index (χ4v) is 2.96. The second kappa shape index (κ2) is 6.57. The smallest absolute Gasteiger partial charge is 0.307 e. The van der Waals surface area contributed by atoms with Gasteiger partial charge in [-0.3, -0.25) is 9.59 Å². The number of aromatic nitrogens is 3. The minimum atomic E-state index is -0.428. The summed E-state index contributed by atoms with van der Waals surface area (Å²) in [5, 5.41) is 15.2. The Labute approximate surface area is 135 Å². The number of thiophene rings is 1. The van der Waals surface area contributed by atoms with Gasteiger partial charge in [0.2, 0.25) is 0 Å². The number of carbonyl (C=O) groups excluding carboxylic acids is 2. The van der Waals surface area contributed by atoms with Crippen LogP contribution in [0.2, 0.25) is 0 Å². The normalized spacial score (nSPS) is 12.0. The number of esters is 1. The van der Waals surface area contributed by atoms with E-state index in [0.29, 0.717) is 16.6 Å². The zero-order valence-electron chi connectivity index (χ0n) is 12.3. The van der Waals surface area contributed by atoms with Gasteiger partial charge in [0, 0.05) is 10.4 Å². The molecule has 0 saturated carbocycles. The lowest BCUT2D eigenvalue weighted by molar-refractivity contribution is -0.141. The Bertz CT molecular complexity index is 828. The van der Waals surface area contributed by atoms with Crippen molar-refractivity contribution in [2.45, 2.75) is 12.5 Å². The van der Waals surface area contributed by atoms with Crippen molar-refractivity contribution in [3.63, 3.8) is 0 Å². The Morgan fingerprint density at radius 1 is 1.30 bits per heavy atom. The van der Waals surface area contributed by atoms with Crippen LogP contribution >= 0.6 is 11.3 Å². The van der Waals surface area contributed by atoms with Gasteiger partial charge in [0.05, 0.1) is 19.6 Å². The van der Waals surface area contributed by atoms with Gasteiger partial charge in [-0.05, 0) is 29.6 Å². The van der Waals surface area contributed by atoms with E-state index >= 15 is 0 Å². The van der Waals surface area contributed by atoms with Gasteiger partial charge >= 0.3 is 5.97 Å². The molecular formula is C15H14N4O3S. The summed E-state index contributed by atoms with van der Waals surface area (Å²) in [7, 11) is 1.33. The van der Waals surface area contributed by atoms with Crippen LogP contribution in [0.5, 0.6) is 0 Å². The van der Waals surface area contributed by atoms with Crippen LogP contribution in [0.1, 0.15) is 27.7 Å². The first-order valence-corrected chi connectivity index (χ1v) is 7.77. The molecule has 0 aliphatic carbocycles. The highest BCUT2D eigenvalue weighted by Gasteiger charge is 2.20. The van der Waals surface area contributed by atoms with Crippen LogP contribution < -0.4 is 5.32 Å². The van der Waals surface area contributed by atoms with Gasteiger partial charge in [-0.25, -0.2) is 0 Å². The summed E-state index contributed by atoms with van der Waals surface area (Å²) < 4.78 is 4.71. The first-order chi connectivity index (χ1) is 11.2. The van der Waals surface area contributed by atoms with Gasteiger partial charge in [0.25, 0.3) is 5.91 Å². The van der Waals surface area contributed by atoms with Gasteiger partial charge in [-0.2, -0.15) is 15.4 Å². The molecule has 0 saturated heterocycles. The van der Waals surface area contributed by atoms with Crippen LogP contribution in [0.3, 0.4) is 0 Å². The molecule has 3 aromatic rings. The summed E-state index contributed by atoms with van der Waals surface area (Å²) in [6.07, 6.45) is 0.0783. The number of aromatic amines is 1. The number of methoxy groups -OCH3 is 1. The van der Waals surface area contributed by atoms with Gasteiger partial charge in [0.1, 0.15) is 11.0 Å². The molecule has 2 aromatic heterocycles. The minimum absolute atomic E-state index is 0.0783. The fraction of sp³-hybridized carbons (Fsp3) is 0.200. The number of benzene rings is 1. The van der Waals surface area contributed by atoms with Crippen LogP contribution in [-0.4, -0.2) is 34.4 Å². The van der Waals surface area contributed by atoms with Crippen LogP contribution in [0.25, 0.3) is 11.0 Å². The topological polar surface area (TPSA) is 97.0 Å². The molecule has 1 aromatic carbocycles. The Kier molecular flexibility index (Phi) is 4.33. The van der Waals surface area contributed by atoms with Gasteiger partial charge < -0.3 is 10.1 Å². The summed E-state index contributed by atoms with van der Waals surface area (Å²) in [5.74, 6) is -0.659. The maximum atomic E-state index is 12.5. The van der Waals surface area contributed by atoms with Crippen molar-refractivity contribution in [1.82, 2.24) is 20.7 Å². The number of rotatable bonds is 5. The number of hydrogen-bond acceptors (Lipinski definition) is 6. The number of nitrogens with one attached hydrogen (secondary N) is 2. The second-order valence-electron chi connectivity index (χ2n) is 4.85. The van der Waals surface area contributed by atoms with E-state index in [1.807, 2.05) is 17.5 Å². The third-order valence-electron chi connectivity index (χ3n) is 3.37. The lowest BCUT2D eigenvalue weighted by Gasteiger charge is -2.16. The number of H-pyrrole nitrogens is 1. The largest absolute Gasteiger partial charge is 0.469 e. The molecule has 0 fully saturated rings. The van der Waals surface area contributed by atoms with E-state index in [4.69, 9.17) is 4.74 Å². The van der Waals surface area contributed by atoms with Crippen molar-refractivity contribution in [3.05, 3.63) is 46.2 Å². The molecule has 1 atom stereocenters. The number of nitrogens with zero attached hydrogens (tertiary/aromatic N) is 2. The first-order valence-electron chi connectivity index (χ1n) is 6.89. The number of hydrogen-bond donors (Lipinski definition) is 2. The average molecular weight is 330 g/mol. The maximum absolute atomic E-state index is 12.5. The Balaban J connectivity index is 1.80. The highest BCUT2D eigenvalue weighted by Crippen LogP contribution is 2.23. The first kappa shape index (κ1) is 15.2. The molecule has 2 heterocycles. The average Bonchev–Trinajstić information content (AvgIpc) is 3.24. The monoisotopic (exact) mass is 330 g/mol. The summed E-state index contributed by atoms with van der Waals surface area (Å²) in [5.41, 5.74) is 1.75. The van der Waals surface area contributed by atoms with Crippen LogP contribution in [0.4, 0.5) is 0 Å². The van der Waals surface area contributed by atoms with E-state index in [0.717, 1.165) is 4.88 Å². The molecule has 7 nitrogen and oxygen atoms in total. The summed E-state index contributed by atoms with van der Waals surface area (Å²) in [4.78, 5) is 24.9. The summed E-state index contributed by atoms with van der Waals surface area (Å²) in [6, 6.07) is 8.36. The van der Waals surface area contributed by atoms with Crippen molar-refractivity contribution in [3.8, 4) is 0 Å². The molecule has 0 aliphatic rings. The molecule has 8 heteroatoms. The highest BCUT2D eigenvalue weighted by atomic mass is 32.1. The third-order valence-corrected chi connectivity index (χ3v) is 4.35. The van der Waals surface area contributed by atoms with E-state index in [1.165, 1.54) is 18.4 Å². The summed E-state index contributed by atoms with van der Waals surface area (Å²) >= 11 is 1.47. The van der Waals surface area contributed by atoms with Gasteiger partial charge in [-0.1, -0.05) is 6.07 Å². The molecule has 23 heavy (non-hydrogen) atoms. The third kappa shape index (κ3) is 3.37. The molecule has 2 N–H and O–H groups in total. The van der Waals surface area contributed by atoms with Crippen molar-refractivity contribution in [1.29, 1.82) is 0 Å². The minimum Gasteiger partial charge on any atom is -0.469 e. The van der Waals surface area contributed by atoms with Crippen LogP contribution in [-0.2, 0) is 9.53 Å². The molecule has 0 spiro atoms. The molecular weight excluding hydrogens is 316 g/mol. The maximum Gasteiger partial charge on any atom is 0.307 e. The predicted octanol–water partition coefficient (Wildman–Crippen LogP) is 2.05. The van der Waals surface area contributed by atoms with E-state index in [1.54, 1.807) is 18.2 Å². The SMILES string of the molecule is COC(=O)C[C@@H](NC(=O)c1ccc2n[nH]nc2c1)c1cccs1. The van der Waals surface area contributed by atoms with E-state index in [9.17, 15) is 9.59 Å². The Hall–Kier alpha value is -2.74. The van der Waals surface area contributed by atoms with Gasteiger partial charge in [-0.15, -0.1) is 11.3 Å².